The van der Waals surface area contributed by atoms with Crippen LogP contribution in [0.25, 0.3) is 0 Å². The molecule has 3 N–H and O–H groups in total. The molecule has 29 heavy (non-hydrogen) atoms. The van der Waals surface area contributed by atoms with Crippen LogP contribution in [0.3, 0.4) is 0 Å². The summed E-state index contributed by atoms with van der Waals surface area (Å²) >= 11 is 0. The van der Waals surface area contributed by atoms with E-state index in [0.717, 1.165) is 12.1 Å². The number of nitrogens with zero attached hydrogens (tertiary/aromatic N) is 2. The zero-order valence-corrected chi connectivity index (χ0v) is 16.0. The lowest BCUT2D eigenvalue weighted by Gasteiger charge is -2.38. The lowest BCUT2D eigenvalue weighted by Crippen LogP contribution is -2.46. The van der Waals surface area contributed by atoms with Crippen LogP contribution < -0.4 is 11.1 Å². The maximum Gasteiger partial charge on any atom is 0.313 e. The molecule has 0 unspecified atom stereocenters. The average Bonchev–Trinajstić information content (AvgIpc) is 2.67. The zero-order chi connectivity index (χ0) is 21.3. The Labute approximate surface area is 165 Å². The molecular weight excluding hydrogens is 385 g/mol. The van der Waals surface area contributed by atoms with E-state index in [1.165, 1.54) is 11.1 Å². The van der Waals surface area contributed by atoms with Gasteiger partial charge in [0.25, 0.3) is 0 Å². The highest BCUT2D eigenvalue weighted by Gasteiger charge is 2.35. The molecule has 1 aromatic carbocycles. The Hall–Kier alpha value is -3.10. The van der Waals surface area contributed by atoms with Crippen molar-refractivity contribution in [3.8, 4) is 0 Å². The number of hydrogen-bond donors (Lipinski definition) is 2. The van der Waals surface area contributed by atoms with E-state index >= 15 is 0 Å². The summed E-state index contributed by atoms with van der Waals surface area (Å²) in [5, 5.41) is 2.47. The van der Waals surface area contributed by atoms with Gasteiger partial charge in [0, 0.05) is 6.54 Å². The van der Waals surface area contributed by atoms with Crippen LogP contribution in [0.1, 0.15) is 36.9 Å². The molecule has 2 heterocycles. The molecule has 0 saturated carbocycles. The molecule has 9 heteroatoms. The Balaban J connectivity index is 1.85. The van der Waals surface area contributed by atoms with E-state index in [0.29, 0.717) is 29.9 Å². The highest BCUT2D eigenvalue weighted by Crippen LogP contribution is 2.34. The first-order chi connectivity index (χ1) is 13.7. The summed E-state index contributed by atoms with van der Waals surface area (Å²) in [5.41, 5.74) is 6.69. The molecule has 0 spiro atoms. The number of rotatable bonds is 2. The minimum atomic E-state index is -1.57. The SMILES string of the molecule is Cc1cc(NC(=O)C(=O)N2C[C@@H](C)CC[C@@H]2c2cc(F)c(F)c(F)c2)cnc1N. The van der Waals surface area contributed by atoms with Gasteiger partial charge < -0.3 is 16.0 Å². The number of carbonyl (C=O) groups excluding carboxylic acids is 2. The van der Waals surface area contributed by atoms with Gasteiger partial charge in [0.15, 0.2) is 17.5 Å². The number of piperidine rings is 1. The van der Waals surface area contributed by atoms with Crippen molar-refractivity contribution in [3.05, 3.63) is 53.0 Å². The van der Waals surface area contributed by atoms with E-state index in [1.54, 1.807) is 13.0 Å². The Bertz CT molecular complexity index is 944. The number of halogens is 3. The number of aromatic nitrogens is 1. The maximum absolute atomic E-state index is 13.7. The molecule has 2 amide bonds. The van der Waals surface area contributed by atoms with Crippen molar-refractivity contribution in [1.82, 2.24) is 9.88 Å². The Morgan fingerprint density at radius 2 is 1.83 bits per heavy atom. The molecule has 1 aliphatic heterocycles. The van der Waals surface area contributed by atoms with Gasteiger partial charge in [-0.15, -0.1) is 0 Å². The fourth-order valence-corrected chi connectivity index (χ4v) is 3.46. The fraction of sp³-hybridized carbons (Fsp3) is 0.350. The van der Waals surface area contributed by atoms with Crippen molar-refractivity contribution in [2.75, 3.05) is 17.6 Å². The minimum absolute atomic E-state index is 0.0959. The molecule has 6 nitrogen and oxygen atoms in total. The number of amides is 2. The number of nitrogens with one attached hydrogen (secondary N) is 1. The molecule has 154 valence electrons. The molecule has 2 aromatic rings. The molecule has 0 radical (unpaired) electrons. The van der Waals surface area contributed by atoms with Crippen molar-refractivity contribution in [1.29, 1.82) is 0 Å². The summed E-state index contributed by atoms with van der Waals surface area (Å²) in [6.45, 7) is 3.85. The van der Waals surface area contributed by atoms with Crippen LogP contribution in [0, 0.1) is 30.3 Å². The molecule has 1 aliphatic rings. The van der Waals surface area contributed by atoms with Gasteiger partial charge in [-0.05, 0) is 55.0 Å². The van der Waals surface area contributed by atoms with Crippen LogP contribution in [-0.2, 0) is 9.59 Å². The van der Waals surface area contributed by atoms with Crippen LogP contribution in [0.15, 0.2) is 24.4 Å². The van der Waals surface area contributed by atoms with E-state index in [2.05, 4.69) is 10.3 Å². The molecule has 2 atom stereocenters. The van der Waals surface area contributed by atoms with Gasteiger partial charge in [-0.25, -0.2) is 18.2 Å². The monoisotopic (exact) mass is 406 g/mol. The van der Waals surface area contributed by atoms with Gasteiger partial charge in [-0.1, -0.05) is 6.92 Å². The molecule has 0 bridgehead atoms. The summed E-state index contributed by atoms with van der Waals surface area (Å²) in [5.74, 6) is -5.59. The largest absolute Gasteiger partial charge is 0.383 e. The number of anilines is 2. The smallest absolute Gasteiger partial charge is 0.313 e. The fourth-order valence-electron chi connectivity index (χ4n) is 3.46. The van der Waals surface area contributed by atoms with E-state index in [4.69, 9.17) is 5.73 Å². The highest BCUT2D eigenvalue weighted by molar-refractivity contribution is 6.39. The van der Waals surface area contributed by atoms with Crippen molar-refractivity contribution in [2.45, 2.75) is 32.7 Å². The number of benzene rings is 1. The van der Waals surface area contributed by atoms with Gasteiger partial charge in [0.05, 0.1) is 17.9 Å². The Morgan fingerprint density at radius 1 is 1.17 bits per heavy atom. The molecule has 0 aliphatic carbocycles. The molecule has 1 fully saturated rings. The van der Waals surface area contributed by atoms with E-state index in [1.807, 2.05) is 6.92 Å². The lowest BCUT2D eigenvalue weighted by atomic mass is 9.89. The van der Waals surface area contributed by atoms with Gasteiger partial charge in [0.2, 0.25) is 0 Å². The van der Waals surface area contributed by atoms with Crippen molar-refractivity contribution in [2.24, 2.45) is 5.92 Å². The first kappa shape index (κ1) is 20.6. The Kier molecular flexibility index (Phi) is 5.76. The predicted octanol–water partition coefficient (Wildman–Crippen LogP) is 3.33. The third-order valence-electron chi connectivity index (χ3n) is 5.04. The van der Waals surface area contributed by atoms with Crippen LogP contribution in [0.4, 0.5) is 24.7 Å². The number of nitrogens with two attached hydrogens (primary N) is 1. The van der Waals surface area contributed by atoms with Crippen molar-refractivity contribution >= 4 is 23.3 Å². The van der Waals surface area contributed by atoms with Crippen LogP contribution in [-0.4, -0.2) is 28.2 Å². The van der Waals surface area contributed by atoms with Crippen LogP contribution in [0.5, 0.6) is 0 Å². The topological polar surface area (TPSA) is 88.3 Å². The van der Waals surface area contributed by atoms with Crippen molar-refractivity contribution in [3.63, 3.8) is 0 Å². The summed E-state index contributed by atoms with van der Waals surface area (Å²) in [7, 11) is 0. The quantitative estimate of drug-likeness (QED) is 0.592. The van der Waals surface area contributed by atoms with Crippen LogP contribution in [0.2, 0.25) is 0 Å². The normalized spacial score (nSPS) is 19.1. The second-order valence-electron chi connectivity index (χ2n) is 7.33. The lowest BCUT2D eigenvalue weighted by molar-refractivity contribution is -0.146. The highest BCUT2D eigenvalue weighted by atomic mass is 19.2. The average molecular weight is 406 g/mol. The summed E-state index contributed by atoms with van der Waals surface area (Å²) in [6.07, 6.45) is 2.42. The number of carbonyl (C=O) groups is 2. The van der Waals surface area contributed by atoms with E-state index in [-0.39, 0.29) is 18.0 Å². The first-order valence-corrected chi connectivity index (χ1v) is 9.16. The summed E-state index contributed by atoms with van der Waals surface area (Å²) in [6, 6.07) is 2.57. The number of pyridine rings is 1. The van der Waals surface area contributed by atoms with Gasteiger partial charge in [0.1, 0.15) is 5.82 Å². The van der Waals surface area contributed by atoms with Gasteiger partial charge >= 0.3 is 11.8 Å². The van der Waals surface area contributed by atoms with E-state index in [9.17, 15) is 22.8 Å². The van der Waals surface area contributed by atoms with Gasteiger partial charge in [-0.2, -0.15) is 0 Å². The number of nitrogen functional groups attached to an aromatic ring is 1. The number of aryl methyl sites for hydroxylation is 1. The molecule has 3 rings (SSSR count). The second kappa shape index (κ2) is 8.10. The predicted molar refractivity (Wildman–Crippen MR) is 101 cm³/mol. The molecule has 1 aromatic heterocycles. The standard InChI is InChI=1S/C20H21F3N4O2/c1-10-3-4-16(12-6-14(21)17(23)15(22)7-12)27(9-10)20(29)19(28)26-13-5-11(2)18(24)25-8-13/h5-8,10,16H,3-4,9H2,1-2H3,(H2,24,25)(H,26,28)/t10-,16+/m0/s1. The third-order valence-corrected chi connectivity index (χ3v) is 5.04. The van der Waals surface area contributed by atoms with Crippen molar-refractivity contribution < 1.29 is 22.8 Å². The number of hydrogen-bond acceptors (Lipinski definition) is 4. The number of likely N-dealkylation sites (tertiary alicyclic amines) is 1. The molecule has 1 saturated heterocycles. The maximum atomic E-state index is 13.7. The minimum Gasteiger partial charge on any atom is -0.383 e. The van der Waals surface area contributed by atoms with Gasteiger partial charge in [-0.3, -0.25) is 9.59 Å². The van der Waals surface area contributed by atoms with E-state index < -0.39 is 35.3 Å². The third kappa shape index (κ3) is 4.33. The van der Waals surface area contributed by atoms with Crippen LogP contribution >= 0.6 is 0 Å². The summed E-state index contributed by atoms with van der Waals surface area (Å²) in [4.78, 5) is 30.5. The first-order valence-electron chi connectivity index (χ1n) is 9.16. The Morgan fingerprint density at radius 3 is 2.45 bits per heavy atom. The molecular formula is C20H21F3N4O2. The summed E-state index contributed by atoms with van der Waals surface area (Å²) < 4.78 is 40.7. The zero-order valence-electron chi connectivity index (χ0n) is 16.0. The second-order valence-corrected chi connectivity index (χ2v) is 7.33.